The Hall–Kier alpha value is -1.59. The molecule has 0 radical (unpaired) electrons. The number of unbranched alkanes of at least 4 members (excludes halogenated alkanes) is 14. The van der Waals surface area contributed by atoms with Crippen molar-refractivity contribution in [2.24, 2.45) is 0 Å². The van der Waals surface area contributed by atoms with Crippen molar-refractivity contribution in [3.05, 3.63) is 36.5 Å². The van der Waals surface area contributed by atoms with Crippen molar-refractivity contribution in [1.82, 2.24) is 5.32 Å². The van der Waals surface area contributed by atoms with Crippen molar-refractivity contribution in [3.63, 3.8) is 0 Å². The molecule has 1 saturated heterocycles. The van der Waals surface area contributed by atoms with Crippen LogP contribution in [0.4, 0.5) is 0 Å². The first kappa shape index (κ1) is 42.4. The number of hydrogen-bond acceptors (Lipinski definition) is 8. The number of aliphatic hydroxyl groups excluding tert-OH is 5. The summed E-state index contributed by atoms with van der Waals surface area (Å²) in [6.07, 6.45) is 25.0. The lowest BCUT2D eigenvalue weighted by atomic mass is 9.99. The van der Waals surface area contributed by atoms with Crippen molar-refractivity contribution < 1.29 is 39.8 Å². The van der Waals surface area contributed by atoms with E-state index in [-0.39, 0.29) is 12.5 Å². The molecule has 1 rings (SSSR count). The molecule has 1 amide bonds. The lowest BCUT2D eigenvalue weighted by molar-refractivity contribution is -0.302. The third kappa shape index (κ3) is 19.9. The summed E-state index contributed by atoms with van der Waals surface area (Å²) in [6, 6.07) is -0.820. The van der Waals surface area contributed by atoms with Crippen LogP contribution in [-0.2, 0) is 14.3 Å². The molecule has 0 saturated carbocycles. The van der Waals surface area contributed by atoms with Crippen molar-refractivity contribution in [2.75, 3.05) is 13.2 Å². The molecule has 46 heavy (non-hydrogen) atoms. The van der Waals surface area contributed by atoms with Gasteiger partial charge >= 0.3 is 0 Å². The molecular weight excluding hydrogens is 586 g/mol. The van der Waals surface area contributed by atoms with Gasteiger partial charge < -0.3 is 40.3 Å². The van der Waals surface area contributed by atoms with Gasteiger partial charge in [0.2, 0.25) is 5.91 Å². The quantitative estimate of drug-likeness (QED) is 0.0461. The van der Waals surface area contributed by atoms with E-state index in [9.17, 15) is 30.3 Å². The smallest absolute Gasteiger partial charge is 0.220 e. The summed E-state index contributed by atoms with van der Waals surface area (Å²) >= 11 is 0. The number of hydrogen-bond donors (Lipinski definition) is 6. The predicted molar refractivity (Wildman–Crippen MR) is 184 cm³/mol. The monoisotopic (exact) mass is 653 g/mol. The highest BCUT2D eigenvalue weighted by atomic mass is 16.7. The zero-order valence-corrected chi connectivity index (χ0v) is 28.8. The summed E-state index contributed by atoms with van der Waals surface area (Å²) in [5.74, 6) is -0.203. The molecule has 0 aromatic rings. The second kappa shape index (κ2) is 28.4. The molecule has 9 nitrogen and oxygen atoms in total. The standard InChI is InChI=1S/C37H67NO8/c1-3-5-7-9-11-12-13-14-15-16-17-18-19-21-23-25-27-33(41)38-30(31(40)26-24-22-20-10-8-6-4-2)29-45-37-36(44)35(43)34(42)32(28-39)46-37/h8,10,15-16,24,26,30-32,34-37,39-40,42-44H,3-7,9,11-14,17-23,25,27-29H2,1-2H3,(H,38,41)/b10-8+,16-15-,26-24+. The van der Waals surface area contributed by atoms with E-state index in [0.717, 1.165) is 64.2 Å². The largest absolute Gasteiger partial charge is 0.394 e. The molecule has 1 fully saturated rings. The molecule has 0 bridgehead atoms. The molecule has 0 aromatic heterocycles. The van der Waals surface area contributed by atoms with Gasteiger partial charge in [-0.1, -0.05) is 115 Å². The Labute approximate surface area is 279 Å². The fourth-order valence-corrected chi connectivity index (χ4v) is 5.41. The first-order valence-corrected chi connectivity index (χ1v) is 18.2. The summed E-state index contributed by atoms with van der Waals surface area (Å²) in [4.78, 5) is 12.8. The SMILES string of the molecule is CCC/C=C/CC/C=C/C(O)C(COC1OC(CO)C(O)C(O)C1O)NC(=O)CCCCCCC/C=C\CCCCCCCCC. The summed E-state index contributed by atoms with van der Waals surface area (Å²) in [5.41, 5.74) is 0. The topological polar surface area (TPSA) is 149 Å². The predicted octanol–water partition coefficient (Wildman–Crippen LogP) is 5.77. The minimum atomic E-state index is -1.57. The van der Waals surface area contributed by atoms with E-state index in [1.54, 1.807) is 6.08 Å². The summed E-state index contributed by atoms with van der Waals surface area (Å²) in [5, 5.41) is 53.6. The van der Waals surface area contributed by atoms with E-state index in [1.165, 1.54) is 51.4 Å². The van der Waals surface area contributed by atoms with E-state index in [1.807, 2.05) is 6.08 Å². The van der Waals surface area contributed by atoms with Gasteiger partial charge in [-0.25, -0.2) is 0 Å². The van der Waals surface area contributed by atoms with Crippen molar-refractivity contribution in [3.8, 4) is 0 Å². The fraction of sp³-hybridized carbons (Fsp3) is 0.811. The van der Waals surface area contributed by atoms with Crippen LogP contribution in [0.15, 0.2) is 36.5 Å². The normalized spacial score (nSPS) is 23.5. The third-order valence-corrected chi connectivity index (χ3v) is 8.42. The summed E-state index contributed by atoms with van der Waals surface area (Å²) < 4.78 is 11.1. The number of amides is 1. The number of aliphatic hydroxyl groups is 5. The average Bonchev–Trinajstić information content (AvgIpc) is 3.05. The number of rotatable bonds is 28. The van der Waals surface area contributed by atoms with Gasteiger partial charge in [0.15, 0.2) is 6.29 Å². The number of carbonyl (C=O) groups excluding carboxylic acids is 1. The first-order chi connectivity index (χ1) is 22.3. The molecule has 7 atom stereocenters. The third-order valence-electron chi connectivity index (χ3n) is 8.42. The Morgan fingerprint density at radius 1 is 0.717 bits per heavy atom. The molecule has 1 aliphatic rings. The minimum Gasteiger partial charge on any atom is -0.394 e. The fourth-order valence-electron chi connectivity index (χ4n) is 5.41. The molecule has 0 spiro atoms. The molecule has 0 aliphatic carbocycles. The van der Waals surface area contributed by atoms with Crippen molar-refractivity contribution in [1.29, 1.82) is 0 Å². The Balaban J connectivity index is 2.42. The number of nitrogens with one attached hydrogen (secondary N) is 1. The zero-order valence-electron chi connectivity index (χ0n) is 28.8. The Bertz CT molecular complexity index is 817. The van der Waals surface area contributed by atoms with Crippen LogP contribution in [0, 0.1) is 0 Å². The second-order valence-corrected chi connectivity index (χ2v) is 12.6. The second-order valence-electron chi connectivity index (χ2n) is 12.6. The Morgan fingerprint density at radius 2 is 1.28 bits per heavy atom. The van der Waals surface area contributed by atoms with Crippen LogP contribution >= 0.6 is 0 Å². The van der Waals surface area contributed by atoms with Crippen molar-refractivity contribution in [2.45, 2.75) is 179 Å². The van der Waals surface area contributed by atoms with Gasteiger partial charge in [0.25, 0.3) is 0 Å². The Kier molecular flexibility index (Phi) is 26.2. The van der Waals surface area contributed by atoms with Gasteiger partial charge in [-0.2, -0.15) is 0 Å². The lowest BCUT2D eigenvalue weighted by Crippen LogP contribution is -2.60. The first-order valence-electron chi connectivity index (χ1n) is 18.2. The molecule has 1 aliphatic heterocycles. The van der Waals surface area contributed by atoms with Crippen LogP contribution < -0.4 is 5.32 Å². The molecule has 268 valence electrons. The number of ether oxygens (including phenoxy) is 2. The van der Waals surface area contributed by atoms with E-state index in [4.69, 9.17) is 9.47 Å². The van der Waals surface area contributed by atoms with E-state index in [0.29, 0.717) is 6.42 Å². The van der Waals surface area contributed by atoms with E-state index >= 15 is 0 Å². The van der Waals surface area contributed by atoms with E-state index in [2.05, 4.69) is 43.5 Å². The highest BCUT2D eigenvalue weighted by Crippen LogP contribution is 2.22. The zero-order chi connectivity index (χ0) is 33.8. The number of carbonyl (C=O) groups is 1. The van der Waals surface area contributed by atoms with Crippen LogP contribution in [0.1, 0.15) is 136 Å². The minimum absolute atomic E-state index is 0.203. The van der Waals surface area contributed by atoms with Gasteiger partial charge in [-0.05, 0) is 51.4 Å². The summed E-state index contributed by atoms with van der Waals surface area (Å²) in [6.45, 7) is 3.60. The van der Waals surface area contributed by atoms with Gasteiger partial charge in [0.05, 0.1) is 25.4 Å². The average molecular weight is 654 g/mol. The van der Waals surface area contributed by atoms with Gasteiger partial charge in [-0.3, -0.25) is 4.79 Å². The van der Waals surface area contributed by atoms with Gasteiger partial charge in [0, 0.05) is 6.42 Å². The van der Waals surface area contributed by atoms with Gasteiger partial charge in [0.1, 0.15) is 24.4 Å². The van der Waals surface area contributed by atoms with Crippen LogP contribution in [0.5, 0.6) is 0 Å². The molecule has 9 heteroatoms. The highest BCUT2D eigenvalue weighted by Gasteiger charge is 2.44. The highest BCUT2D eigenvalue weighted by molar-refractivity contribution is 5.76. The molecule has 6 N–H and O–H groups in total. The maximum atomic E-state index is 12.8. The van der Waals surface area contributed by atoms with Crippen LogP contribution in [-0.4, -0.2) is 87.5 Å². The maximum absolute atomic E-state index is 12.8. The maximum Gasteiger partial charge on any atom is 0.220 e. The molecule has 0 aromatic carbocycles. The van der Waals surface area contributed by atoms with Crippen molar-refractivity contribution >= 4 is 5.91 Å². The van der Waals surface area contributed by atoms with Crippen LogP contribution in [0.25, 0.3) is 0 Å². The van der Waals surface area contributed by atoms with Crippen LogP contribution in [0.2, 0.25) is 0 Å². The number of allylic oxidation sites excluding steroid dienone is 5. The molecular formula is C37H67NO8. The molecule has 1 heterocycles. The Morgan fingerprint density at radius 3 is 1.91 bits per heavy atom. The van der Waals surface area contributed by atoms with Gasteiger partial charge in [-0.15, -0.1) is 0 Å². The van der Waals surface area contributed by atoms with Crippen LogP contribution in [0.3, 0.4) is 0 Å². The lowest BCUT2D eigenvalue weighted by Gasteiger charge is -2.40. The van der Waals surface area contributed by atoms with E-state index < -0.39 is 49.5 Å². The molecule has 7 unspecified atom stereocenters. The summed E-state index contributed by atoms with van der Waals surface area (Å²) in [7, 11) is 0.